The molecule has 0 aromatic heterocycles. The standard InChI is InChI=1S/C15H20N2.CH3NO/c1-11-3-2-4-12(9-11)5-6-13-7-8-14(16)15(17)10-13;2-1-3/h2-4,7-8,10-11H,5-6,9,16-17H2,1H3;1H,(H2,2,3). The van der Waals surface area contributed by atoms with Gasteiger partial charge in [-0.1, -0.05) is 36.8 Å². The lowest BCUT2D eigenvalue weighted by Gasteiger charge is -2.14. The first-order chi connectivity index (χ1) is 9.56. The molecule has 0 fully saturated rings. The smallest absolute Gasteiger partial charge is 0.204 e. The molecule has 0 spiro atoms. The summed E-state index contributed by atoms with van der Waals surface area (Å²) in [6.45, 7) is 2.25. The van der Waals surface area contributed by atoms with Crippen LogP contribution in [0.2, 0.25) is 0 Å². The van der Waals surface area contributed by atoms with Crippen LogP contribution in [0.3, 0.4) is 0 Å². The van der Waals surface area contributed by atoms with Crippen molar-refractivity contribution < 1.29 is 4.79 Å². The topological polar surface area (TPSA) is 95.1 Å². The van der Waals surface area contributed by atoms with Crippen LogP contribution in [0.25, 0.3) is 0 Å². The normalized spacial score (nSPS) is 16.9. The van der Waals surface area contributed by atoms with Gasteiger partial charge >= 0.3 is 0 Å². The third-order valence-corrected chi connectivity index (χ3v) is 3.24. The zero-order valence-electron chi connectivity index (χ0n) is 11.9. The van der Waals surface area contributed by atoms with E-state index in [0.29, 0.717) is 17.3 Å². The molecule has 0 radical (unpaired) electrons. The maximum Gasteiger partial charge on any atom is 0.204 e. The number of carbonyl (C=O) groups excluding carboxylic acids is 1. The predicted molar refractivity (Wildman–Crippen MR) is 84.8 cm³/mol. The van der Waals surface area contributed by atoms with Gasteiger partial charge in [-0.2, -0.15) is 0 Å². The summed E-state index contributed by atoms with van der Waals surface area (Å²) in [6.07, 6.45) is 10.2. The minimum atomic E-state index is 0.250. The highest BCUT2D eigenvalue weighted by Crippen LogP contribution is 2.23. The second-order valence-electron chi connectivity index (χ2n) is 4.99. The first kappa shape index (κ1) is 15.8. The maximum atomic E-state index is 8.58. The van der Waals surface area contributed by atoms with E-state index in [1.807, 2.05) is 12.1 Å². The van der Waals surface area contributed by atoms with Gasteiger partial charge in [0.05, 0.1) is 11.4 Å². The molecule has 2 rings (SSSR count). The molecule has 1 amide bonds. The average molecular weight is 273 g/mol. The fourth-order valence-corrected chi connectivity index (χ4v) is 2.20. The molecule has 1 unspecified atom stereocenters. The van der Waals surface area contributed by atoms with E-state index in [0.717, 1.165) is 12.8 Å². The van der Waals surface area contributed by atoms with Crippen LogP contribution in [0.5, 0.6) is 0 Å². The Bertz CT molecular complexity index is 506. The minimum Gasteiger partial charge on any atom is -0.397 e. The summed E-state index contributed by atoms with van der Waals surface area (Å²) >= 11 is 0. The van der Waals surface area contributed by atoms with Crippen molar-refractivity contribution in [2.24, 2.45) is 11.7 Å². The lowest BCUT2D eigenvalue weighted by molar-refractivity contribution is -0.106. The summed E-state index contributed by atoms with van der Waals surface area (Å²) in [5.74, 6) is 0.673. The van der Waals surface area contributed by atoms with Crippen molar-refractivity contribution in [1.29, 1.82) is 0 Å². The van der Waals surface area contributed by atoms with E-state index in [4.69, 9.17) is 16.3 Å². The van der Waals surface area contributed by atoms with Crippen molar-refractivity contribution in [2.75, 3.05) is 11.5 Å². The molecule has 0 saturated carbocycles. The lowest BCUT2D eigenvalue weighted by atomic mass is 9.92. The molecule has 0 saturated heterocycles. The van der Waals surface area contributed by atoms with Crippen LogP contribution in [-0.4, -0.2) is 6.41 Å². The van der Waals surface area contributed by atoms with Gasteiger partial charge in [-0.25, -0.2) is 0 Å². The van der Waals surface area contributed by atoms with E-state index in [-0.39, 0.29) is 6.41 Å². The predicted octanol–water partition coefficient (Wildman–Crippen LogP) is 2.41. The fourth-order valence-electron chi connectivity index (χ4n) is 2.20. The fraction of sp³-hybridized carbons (Fsp3) is 0.312. The number of primary amides is 1. The van der Waals surface area contributed by atoms with Crippen LogP contribution in [0.4, 0.5) is 11.4 Å². The summed E-state index contributed by atoms with van der Waals surface area (Å²) in [5.41, 5.74) is 19.8. The van der Waals surface area contributed by atoms with Crippen molar-refractivity contribution in [1.82, 2.24) is 0 Å². The number of hydrogen-bond donors (Lipinski definition) is 3. The Kier molecular flexibility index (Phi) is 6.37. The monoisotopic (exact) mass is 273 g/mol. The molecule has 4 nitrogen and oxygen atoms in total. The van der Waals surface area contributed by atoms with Gasteiger partial charge < -0.3 is 17.2 Å². The first-order valence-electron chi connectivity index (χ1n) is 6.72. The molecule has 0 aliphatic heterocycles. The number of amides is 1. The molecule has 108 valence electrons. The quantitative estimate of drug-likeness (QED) is 0.583. The Morgan fingerprint density at radius 3 is 2.55 bits per heavy atom. The van der Waals surface area contributed by atoms with Gasteiger partial charge in [-0.3, -0.25) is 4.79 Å². The van der Waals surface area contributed by atoms with Crippen molar-refractivity contribution >= 4 is 17.8 Å². The Morgan fingerprint density at radius 2 is 1.95 bits per heavy atom. The Balaban J connectivity index is 0.000000612. The average Bonchev–Trinajstić information content (AvgIpc) is 2.41. The van der Waals surface area contributed by atoms with Gasteiger partial charge in [0, 0.05) is 0 Å². The number of nitrogens with two attached hydrogens (primary N) is 3. The van der Waals surface area contributed by atoms with E-state index in [1.54, 1.807) is 0 Å². The molecule has 1 atom stereocenters. The van der Waals surface area contributed by atoms with Crippen LogP contribution in [0, 0.1) is 5.92 Å². The van der Waals surface area contributed by atoms with Crippen molar-refractivity contribution in [3.05, 3.63) is 47.6 Å². The number of hydrogen-bond acceptors (Lipinski definition) is 3. The molecule has 1 aliphatic carbocycles. The molecule has 6 N–H and O–H groups in total. The van der Waals surface area contributed by atoms with Crippen LogP contribution >= 0.6 is 0 Å². The Morgan fingerprint density at radius 1 is 1.25 bits per heavy atom. The second-order valence-corrected chi connectivity index (χ2v) is 4.99. The SMILES string of the molecule is CC1C=CC=C(CCc2ccc(N)c(N)c2)C1.NC=O. The minimum absolute atomic E-state index is 0.250. The number of nitrogen functional groups attached to an aromatic ring is 2. The van der Waals surface area contributed by atoms with E-state index in [9.17, 15) is 0 Å². The highest BCUT2D eigenvalue weighted by Gasteiger charge is 2.07. The van der Waals surface area contributed by atoms with E-state index in [1.165, 1.54) is 17.6 Å². The van der Waals surface area contributed by atoms with Gasteiger partial charge in [-0.15, -0.1) is 0 Å². The van der Waals surface area contributed by atoms with Gasteiger partial charge in [-0.05, 0) is 42.9 Å². The van der Waals surface area contributed by atoms with Crippen LogP contribution in [0.1, 0.15) is 25.3 Å². The van der Waals surface area contributed by atoms with Crippen molar-refractivity contribution in [3.8, 4) is 0 Å². The zero-order valence-corrected chi connectivity index (χ0v) is 11.9. The number of anilines is 2. The number of carbonyl (C=O) groups is 1. The lowest BCUT2D eigenvalue weighted by Crippen LogP contribution is -2.00. The summed E-state index contributed by atoms with van der Waals surface area (Å²) in [7, 11) is 0. The first-order valence-corrected chi connectivity index (χ1v) is 6.72. The number of aryl methyl sites for hydroxylation is 1. The van der Waals surface area contributed by atoms with Gasteiger partial charge in [0.2, 0.25) is 6.41 Å². The molecule has 4 heteroatoms. The molecule has 20 heavy (non-hydrogen) atoms. The highest BCUT2D eigenvalue weighted by molar-refractivity contribution is 5.63. The molecule has 1 aliphatic rings. The molecular formula is C16H23N3O. The number of rotatable bonds is 3. The molecular weight excluding hydrogens is 250 g/mol. The van der Waals surface area contributed by atoms with Gasteiger partial charge in [0.25, 0.3) is 0 Å². The molecule has 1 aromatic rings. The third-order valence-electron chi connectivity index (χ3n) is 3.24. The zero-order chi connectivity index (χ0) is 15.0. The summed E-state index contributed by atoms with van der Waals surface area (Å²) < 4.78 is 0. The summed E-state index contributed by atoms with van der Waals surface area (Å²) in [4.78, 5) is 8.58. The molecule has 0 heterocycles. The van der Waals surface area contributed by atoms with Crippen LogP contribution < -0.4 is 17.2 Å². The summed E-state index contributed by atoms with van der Waals surface area (Å²) in [6, 6.07) is 5.94. The second kappa shape index (κ2) is 8.04. The number of benzene rings is 1. The van der Waals surface area contributed by atoms with Crippen LogP contribution in [-0.2, 0) is 11.2 Å². The Hall–Kier alpha value is -2.23. The molecule has 0 bridgehead atoms. The van der Waals surface area contributed by atoms with Gasteiger partial charge in [0.15, 0.2) is 0 Å². The van der Waals surface area contributed by atoms with Crippen LogP contribution in [0.15, 0.2) is 42.0 Å². The van der Waals surface area contributed by atoms with Gasteiger partial charge in [0.1, 0.15) is 0 Å². The van der Waals surface area contributed by atoms with E-state index >= 15 is 0 Å². The van der Waals surface area contributed by atoms with E-state index in [2.05, 4.69) is 37.0 Å². The maximum absolute atomic E-state index is 8.58. The van der Waals surface area contributed by atoms with Crippen molar-refractivity contribution in [2.45, 2.75) is 26.2 Å². The Labute approximate surface area is 120 Å². The summed E-state index contributed by atoms with van der Waals surface area (Å²) in [5, 5.41) is 0. The highest BCUT2D eigenvalue weighted by atomic mass is 16.1. The third kappa shape index (κ3) is 5.18. The number of allylic oxidation sites excluding steroid dienone is 4. The van der Waals surface area contributed by atoms with Crippen molar-refractivity contribution in [3.63, 3.8) is 0 Å². The largest absolute Gasteiger partial charge is 0.397 e. The van der Waals surface area contributed by atoms with E-state index < -0.39 is 0 Å². The molecule has 1 aromatic carbocycles.